The number of hydrogen-bond acceptors (Lipinski definition) is 12. The van der Waals surface area contributed by atoms with Crippen molar-refractivity contribution in [3.63, 3.8) is 0 Å². The number of aliphatic hydroxyl groups excluding tert-OH is 2. The number of aliphatic hydroxyl groups is 3. The van der Waals surface area contributed by atoms with Crippen LogP contribution < -0.4 is 10.1 Å². The summed E-state index contributed by atoms with van der Waals surface area (Å²) in [7, 11) is 1.33. The fraction of sp³-hybridized carbons (Fsp3) is 0.660. The second-order valence-corrected chi connectivity index (χ2v) is 17.1. The van der Waals surface area contributed by atoms with Gasteiger partial charge in [0.25, 0.3) is 0 Å². The number of benzene rings is 2. The zero-order valence-electron chi connectivity index (χ0n) is 35.8. The number of unbranched alkanes of at least 4 members (excludes halogenated alkanes) is 16. The summed E-state index contributed by atoms with van der Waals surface area (Å²) in [4.78, 5) is 53.7. The normalized spacial score (nSPS) is 23.5. The maximum Gasteiger partial charge on any atom is 0.220 e. The molecule has 6 N–H and O–H groups in total. The molecule has 13 heteroatoms. The minimum atomic E-state index is -2.30. The zero-order valence-corrected chi connectivity index (χ0v) is 35.8. The molecular formula is C47H67NO12. The predicted octanol–water partition coefficient (Wildman–Crippen LogP) is 7.20. The van der Waals surface area contributed by atoms with Crippen molar-refractivity contribution in [3.05, 3.63) is 51.6 Å². The second kappa shape index (κ2) is 22.3. The third kappa shape index (κ3) is 11.1. The minimum Gasteiger partial charge on any atom is -0.507 e. The van der Waals surface area contributed by atoms with E-state index in [1.807, 2.05) is 0 Å². The van der Waals surface area contributed by atoms with E-state index in [1.54, 1.807) is 6.92 Å². The number of ether oxygens (including phenoxy) is 3. The molecule has 1 saturated heterocycles. The van der Waals surface area contributed by atoms with E-state index < -0.39 is 95.7 Å². The number of nitrogens with one attached hydrogen (secondary N) is 1. The van der Waals surface area contributed by atoms with Crippen LogP contribution in [0.25, 0.3) is 0 Å². The van der Waals surface area contributed by atoms with Crippen LogP contribution in [0, 0.1) is 0 Å². The van der Waals surface area contributed by atoms with E-state index in [-0.39, 0.29) is 46.8 Å². The largest absolute Gasteiger partial charge is 0.507 e. The zero-order chi connectivity index (χ0) is 43.4. The van der Waals surface area contributed by atoms with Crippen LogP contribution in [-0.2, 0) is 25.5 Å². The molecule has 5 rings (SSSR count). The number of carbonyl (C=O) groups excluding carboxylic acids is 4. The molecule has 1 amide bonds. The fourth-order valence-electron chi connectivity index (χ4n) is 9.15. The average molecular weight is 838 g/mol. The van der Waals surface area contributed by atoms with Crippen molar-refractivity contribution in [1.29, 1.82) is 0 Å². The van der Waals surface area contributed by atoms with Gasteiger partial charge in [0.2, 0.25) is 11.7 Å². The molecule has 1 fully saturated rings. The van der Waals surface area contributed by atoms with Crippen LogP contribution in [-0.4, -0.2) is 92.6 Å². The number of hydrogen-bond donors (Lipinski definition) is 6. The molecule has 332 valence electrons. The molecule has 13 nitrogen and oxygen atoms in total. The van der Waals surface area contributed by atoms with Crippen LogP contribution in [0.15, 0.2) is 18.2 Å². The van der Waals surface area contributed by atoms with E-state index in [1.165, 1.54) is 109 Å². The Balaban J connectivity index is 1.16. The van der Waals surface area contributed by atoms with Crippen LogP contribution in [0.5, 0.6) is 17.2 Å². The Kier molecular flexibility index (Phi) is 17.5. The molecule has 0 radical (unpaired) electrons. The number of methoxy groups -OCH3 is 1. The molecule has 0 spiro atoms. The quantitative estimate of drug-likeness (QED) is 0.0391. The van der Waals surface area contributed by atoms with Gasteiger partial charge in [-0.15, -0.1) is 0 Å². The van der Waals surface area contributed by atoms with E-state index in [9.17, 15) is 44.7 Å². The van der Waals surface area contributed by atoms with Gasteiger partial charge >= 0.3 is 0 Å². The monoisotopic (exact) mass is 837 g/mol. The number of rotatable bonds is 24. The van der Waals surface area contributed by atoms with Gasteiger partial charge in [-0.05, 0) is 19.4 Å². The lowest BCUT2D eigenvalue weighted by Gasteiger charge is -2.43. The van der Waals surface area contributed by atoms with Gasteiger partial charge in [0.15, 0.2) is 17.9 Å². The lowest BCUT2D eigenvalue weighted by Crippen LogP contribution is -2.55. The number of carbonyl (C=O) groups is 4. The van der Waals surface area contributed by atoms with Crippen molar-refractivity contribution >= 4 is 23.3 Å². The molecule has 0 bridgehead atoms. The summed E-state index contributed by atoms with van der Waals surface area (Å²) in [6.45, 7) is 2.81. The third-order valence-electron chi connectivity index (χ3n) is 12.6. The maximum absolute atomic E-state index is 14.0. The molecule has 2 aromatic carbocycles. The smallest absolute Gasteiger partial charge is 0.220 e. The first-order chi connectivity index (χ1) is 28.9. The molecule has 0 unspecified atom stereocenters. The highest BCUT2D eigenvalue weighted by atomic mass is 16.7. The first-order valence-corrected chi connectivity index (χ1v) is 22.4. The summed E-state index contributed by atoms with van der Waals surface area (Å²) in [6.07, 6.45) is 15.7. The summed E-state index contributed by atoms with van der Waals surface area (Å²) in [5, 5.41) is 58.7. The Bertz CT molecular complexity index is 1810. The molecule has 0 saturated carbocycles. The van der Waals surface area contributed by atoms with Gasteiger partial charge in [0.05, 0.1) is 42.0 Å². The van der Waals surface area contributed by atoms with Crippen LogP contribution in [0.4, 0.5) is 0 Å². The second-order valence-electron chi connectivity index (χ2n) is 17.1. The topological polar surface area (TPSA) is 209 Å². The minimum absolute atomic E-state index is 0.0474. The highest BCUT2D eigenvalue weighted by molar-refractivity contribution is 6.31. The SMILES string of the molecule is CCCCCCCCCCCCCCCCCCCC(=O)N[C@H]1C[C@H](O[C@H]2C[C@](O)(C(=O)CO)Cc3c(O)c4c(c(O)c32)C(=O)c2c(OC)cccc2C4=O)O[C@@H](C)[C@H]1O. The Morgan fingerprint density at radius 3 is 1.97 bits per heavy atom. The number of ketones is 3. The number of phenolic OH excluding ortho intramolecular Hbond substituents is 2. The van der Waals surface area contributed by atoms with Crippen molar-refractivity contribution in [3.8, 4) is 17.2 Å². The van der Waals surface area contributed by atoms with Crippen molar-refractivity contribution in [2.24, 2.45) is 0 Å². The number of phenols is 2. The van der Waals surface area contributed by atoms with Crippen molar-refractivity contribution in [2.75, 3.05) is 13.7 Å². The molecule has 1 aliphatic heterocycles. The summed E-state index contributed by atoms with van der Waals surface area (Å²) < 4.78 is 17.6. The fourth-order valence-corrected chi connectivity index (χ4v) is 9.15. The molecule has 60 heavy (non-hydrogen) atoms. The number of fused-ring (bicyclic) bond motifs is 3. The van der Waals surface area contributed by atoms with Gasteiger partial charge < -0.3 is 45.1 Å². The summed E-state index contributed by atoms with van der Waals surface area (Å²) in [6, 6.07) is 3.60. The molecular weight excluding hydrogens is 771 g/mol. The molecule has 6 atom stereocenters. The van der Waals surface area contributed by atoms with Gasteiger partial charge in [-0.1, -0.05) is 122 Å². The first kappa shape index (κ1) is 47.2. The molecule has 1 heterocycles. The Morgan fingerprint density at radius 2 is 1.40 bits per heavy atom. The molecule has 0 aromatic heterocycles. The van der Waals surface area contributed by atoms with Gasteiger partial charge in [-0.25, -0.2) is 0 Å². The standard InChI is InChI=1S/C47H67NO12/c1-4-5-6-7-8-9-10-11-12-13-14-15-16-17-18-19-20-24-36(51)48-32-25-37(59-29(2)42(32)52)60-34-27-47(57,35(50)28-49)26-31-39(34)46(56)41-40(44(31)54)43(53)30-22-21-23-33(58-3)38(30)45(41)55/h21-23,29,32,34,37,42,49,52,54,56-57H,4-20,24-28H2,1-3H3,(H,48,51)/t29-,32-,34-,37-,42+,47-/m0/s1. The predicted molar refractivity (Wildman–Crippen MR) is 224 cm³/mol. The van der Waals surface area contributed by atoms with Gasteiger partial charge in [-0.3, -0.25) is 19.2 Å². The van der Waals surface area contributed by atoms with Crippen LogP contribution in [0.1, 0.15) is 191 Å². The lowest BCUT2D eigenvalue weighted by molar-refractivity contribution is -0.249. The Labute approximate surface area is 354 Å². The number of aromatic hydroxyl groups is 2. The summed E-state index contributed by atoms with van der Waals surface area (Å²) in [5.74, 6) is -4.09. The lowest BCUT2D eigenvalue weighted by atomic mass is 9.72. The average Bonchev–Trinajstić information content (AvgIpc) is 3.23. The first-order valence-electron chi connectivity index (χ1n) is 22.4. The van der Waals surface area contributed by atoms with E-state index >= 15 is 0 Å². The van der Waals surface area contributed by atoms with Gasteiger partial charge in [-0.2, -0.15) is 0 Å². The summed E-state index contributed by atoms with van der Waals surface area (Å²) >= 11 is 0. The number of Topliss-reactive ketones (excluding diaryl/α,β-unsaturated/α-hetero) is 1. The van der Waals surface area contributed by atoms with E-state index in [0.29, 0.717) is 6.42 Å². The van der Waals surface area contributed by atoms with E-state index in [2.05, 4.69) is 12.2 Å². The maximum atomic E-state index is 14.0. The van der Waals surface area contributed by atoms with E-state index in [4.69, 9.17) is 14.2 Å². The Morgan fingerprint density at radius 1 is 0.833 bits per heavy atom. The number of amides is 1. The Hall–Kier alpha value is -3.88. The summed E-state index contributed by atoms with van der Waals surface area (Å²) in [5.41, 5.74) is -3.78. The van der Waals surface area contributed by atoms with Gasteiger partial charge in [0.1, 0.15) is 35.6 Å². The highest BCUT2D eigenvalue weighted by Crippen LogP contribution is 2.52. The van der Waals surface area contributed by atoms with Crippen LogP contribution in [0.2, 0.25) is 0 Å². The van der Waals surface area contributed by atoms with Crippen LogP contribution >= 0.6 is 0 Å². The van der Waals surface area contributed by atoms with Crippen LogP contribution in [0.3, 0.4) is 0 Å². The van der Waals surface area contributed by atoms with Crippen molar-refractivity contribution in [2.45, 2.75) is 185 Å². The molecule has 3 aliphatic rings. The molecule has 2 aliphatic carbocycles. The van der Waals surface area contributed by atoms with Crippen molar-refractivity contribution < 1.29 is 58.9 Å². The van der Waals surface area contributed by atoms with Crippen molar-refractivity contribution in [1.82, 2.24) is 5.32 Å². The molecule has 2 aromatic rings. The third-order valence-corrected chi connectivity index (χ3v) is 12.6. The van der Waals surface area contributed by atoms with E-state index in [0.717, 1.165) is 19.3 Å². The van der Waals surface area contributed by atoms with Gasteiger partial charge in [0, 0.05) is 42.4 Å². The highest BCUT2D eigenvalue weighted by Gasteiger charge is 2.50.